The summed E-state index contributed by atoms with van der Waals surface area (Å²) < 4.78 is 3.67. The van der Waals surface area contributed by atoms with Gasteiger partial charge in [0.15, 0.2) is 0 Å². The molecule has 0 aliphatic heterocycles. The van der Waals surface area contributed by atoms with E-state index in [1.807, 2.05) is 12.3 Å². The summed E-state index contributed by atoms with van der Waals surface area (Å²) in [5.74, 6) is 0. The molecule has 150 valence electrons. The third-order valence-corrected chi connectivity index (χ3v) is 7.35. The molecule has 0 amide bonds. The highest BCUT2D eigenvalue weighted by Gasteiger charge is 2.15. The molecule has 7 aromatic rings. The zero-order valence-corrected chi connectivity index (χ0v) is 18.0. The van der Waals surface area contributed by atoms with Crippen molar-refractivity contribution in [2.45, 2.75) is 0 Å². The number of hydrogen-bond acceptors (Lipinski definition) is 2. The van der Waals surface area contributed by atoms with E-state index in [0.717, 1.165) is 4.83 Å². The molecule has 3 heteroatoms. The zero-order chi connectivity index (χ0) is 21.1. The molecule has 0 N–H and O–H groups in total. The molecular weight excluding hydrogens is 408 g/mol. The molecule has 0 atom stereocenters. The summed E-state index contributed by atoms with van der Waals surface area (Å²) in [4.78, 5) is 5.68. The third kappa shape index (κ3) is 2.55. The van der Waals surface area contributed by atoms with Crippen LogP contribution in [0.4, 0.5) is 0 Å². The molecule has 2 nitrogen and oxygen atoms in total. The summed E-state index contributed by atoms with van der Waals surface area (Å²) in [6.07, 6.45) is 1.88. The first kappa shape index (κ1) is 17.7. The van der Waals surface area contributed by atoms with Crippen LogP contribution in [-0.4, -0.2) is 9.55 Å². The lowest BCUT2D eigenvalue weighted by Crippen LogP contribution is -1.93. The van der Waals surface area contributed by atoms with Crippen molar-refractivity contribution in [2.24, 2.45) is 0 Å². The van der Waals surface area contributed by atoms with Crippen LogP contribution in [0.1, 0.15) is 0 Å². The van der Waals surface area contributed by atoms with Crippen LogP contribution in [0.2, 0.25) is 0 Å². The fraction of sp³-hybridized carbons (Fsp3) is 0. The van der Waals surface area contributed by atoms with Crippen LogP contribution in [0, 0.1) is 0 Å². The van der Waals surface area contributed by atoms with E-state index in [2.05, 4.69) is 107 Å². The first-order valence-electron chi connectivity index (χ1n) is 10.7. The Kier molecular flexibility index (Phi) is 3.75. The number of benzene rings is 4. The topological polar surface area (TPSA) is 17.8 Å². The van der Waals surface area contributed by atoms with Gasteiger partial charge in [-0.15, -0.1) is 11.3 Å². The molecule has 4 aromatic carbocycles. The second kappa shape index (κ2) is 6.78. The Hall–Kier alpha value is -3.95. The number of hydrogen-bond donors (Lipinski definition) is 0. The number of rotatable bonds is 2. The van der Waals surface area contributed by atoms with Crippen LogP contribution in [0.25, 0.3) is 58.9 Å². The summed E-state index contributed by atoms with van der Waals surface area (Å²) >= 11 is 1.77. The third-order valence-electron chi connectivity index (χ3n) is 6.27. The minimum atomic E-state index is 1.10. The van der Waals surface area contributed by atoms with Gasteiger partial charge in [-0.05, 0) is 53.6 Å². The van der Waals surface area contributed by atoms with E-state index < -0.39 is 0 Å². The zero-order valence-electron chi connectivity index (χ0n) is 17.2. The summed E-state index contributed by atoms with van der Waals surface area (Å²) in [5, 5.41) is 5.06. The van der Waals surface area contributed by atoms with Crippen molar-refractivity contribution in [3.05, 3.63) is 109 Å². The Balaban J connectivity index is 1.52. The minimum absolute atomic E-state index is 1.10. The van der Waals surface area contributed by atoms with E-state index in [1.54, 1.807) is 11.3 Å². The molecule has 0 aliphatic carbocycles. The van der Waals surface area contributed by atoms with Crippen molar-refractivity contribution >= 4 is 53.4 Å². The largest absolute Gasteiger partial charge is 0.309 e. The molecule has 0 fully saturated rings. The smallest absolute Gasteiger partial charge is 0.124 e. The molecular formula is C29H18N2S. The average molecular weight is 427 g/mol. The second-order valence-electron chi connectivity index (χ2n) is 8.09. The summed E-state index contributed by atoms with van der Waals surface area (Å²) in [7, 11) is 0. The van der Waals surface area contributed by atoms with Gasteiger partial charge in [0, 0.05) is 38.1 Å². The van der Waals surface area contributed by atoms with Gasteiger partial charge in [0.2, 0.25) is 0 Å². The fourth-order valence-electron chi connectivity index (χ4n) is 4.78. The van der Waals surface area contributed by atoms with Crippen molar-refractivity contribution in [2.75, 3.05) is 0 Å². The van der Waals surface area contributed by atoms with E-state index in [-0.39, 0.29) is 0 Å². The van der Waals surface area contributed by atoms with Gasteiger partial charge in [0.1, 0.15) is 4.83 Å². The molecule has 3 aromatic heterocycles. The van der Waals surface area contributed by atoms with E-state index >= 15 is 0 Å². The molecule has 0 saturated heterocycles. The maximum atomic E-state index is 4.59. The lowest BCUT2D eigenvalue weighted by molar-refractivity contribution is 1.18. The van der Waals surface area contributed by atoms with Crippen LogP contribution >= 0.6 is 11.3 Å². The lowest BCUT2D eigenvalue weighted by atomic mass is 10.1. The minimum Gasteiger partial charge on any atom is -0.309 e. The lowest BCUT2D eigenvalue weighted by Gasteiger charge is -2.09. The van der Waals surface area contributed by atoms with Gasteiger partial charge in [-0.3, -0.25) is 0 Å². The van der Waals surface area contributed by atoms with E-state index in [0.29, 0.717) is 0 Å². The molecule has 0 aliphatic rings. The molecule has 0 saturated carbocycles. The molecule has 0 spiro atoms. The Labute approximate surface area is 189 Å². The first-order valence-corrected chi connectivity index (χ1v) is 11.5. The standard InChI is InChI=1S/C29H18N2S/c1-2-7-19(8-3-1)20-12-14-21(15-13-20)31-26-11-5-4-9-22(26)24-18-28-25(17-27(24)31)23-10-6-16-30-29(23)32-28/h1-18H. The van der Waals surface area contributed by atoms with Crippen LogP contribution in [0.3, 0.4) is 0 Å². The number of para-hydroxylation sites is 1. The molecule has 32 heavy (non-hydrogen) atoms. The van der Waals surface area contributed by atoms with Gasteiger partial charge in [-0.2, -0.15) is 0 Å². The number of fused-ring (bicyclic) bond motifs is 6. The first-order chi connectivity index (χ1) is 15.9. The molecule has 0 unspecified atom stereocenters. The molecule has 3 heterocycles. The predicted molar refractivity (Wildman–Crippen MR) is 137 cm³/mol. The van der Waals surface area contributed by atoms with Gasteiger partial charge >= 0.3 is 0 Å². The van der Waals surface area contributed by atoms with E-state index in [4.69, 9.17) is 0 Å². The number of pyridine rings is 1. The summed E-state index contributed by atoms with van der Waals surface area (Å²) in [5.41, 5.74) is 6.10. The maximum Gasteiger partial charge on any atom is 0.124 e. The van der Waals surface area contributed by atoms with Crippen molar-refractivity contribution in [1.29, 1.82) is 0 Å². The summed E-state index contributed by atoms with van der Waals surface area (Å²) in [6.45, 7) is 0. The maximum absolute atomic E-state index is 4.59. The van der Waals surface area contributed by atoms with E-state index in [9.17, 15) is 0 Å². The monoisotopic (exact) mass is 426 g/mol. The van der Waals surface area contributed by atoms with Gasteiger partial charge < -0.3 is 4.57 Å². The van der Waals surface area contributed by atoms with Crippen LogP contribution < -0.4 is 0 Å². The van der Waals surface area contributed by atoms with Crippen molar-refractivity contribution in [3.63, 3.8) is 0 Å². The highest BCUT2D eigenvalue weighted by Crippen LogP contribution is 2.40. The van der Waals surface area contributed by atoms with Crippen LogP contribution in [-0.2, 0) is 0 Å². The normalized spacial score (nSPS) is 11.8. The van der Waals surface area contributed by atoms with E-state index in [1.165, 1.54) is 54.1 Å². The van der Waals surface area contributed by atoms with Gasteiger partial charge in [0.05, 0.1) is 11.0 Å². The Morgan fingerprint density at radius 3 is 2.19 bits per heavy atom. The number of nitrogens with zero attached hydrogens (tertiary/aromatic N) is 2. The van der Waals surface area contributed by atoms with Crippen molar-refractivity contribution in [3.8, 4) is 16.8 Å². The fourth-order valence-corrected chi connectivity index (χ4v) is 5.85. The SMILES string of the molecule is c1ccc(-c2ccc(-n3c4ccccc4c4cc5sc6ncccc6c5cc43)cc2)cc1. The van der Waals surface area contributed by atoms with Crippen molar-refractivity contribution < 1.29 is 0 Å². The number of thiophene rings is 1. The van der Waals surface area contributed by atoms with Gasteiger partial charge in [-0.25, -0.2) is 4.98 Å². The Morgan fingerprint density at radius 2 is 1.31 bits per heavy atom. The summed E-state index contributed by atoms with van der Waals surface area (Å²) in [6, 6.07) is 37.0. The Morgan fingerprint density at radius 1 is 0.562 bits per heavy atom. The quantitative estimate of drug-likeness (QED) is 0.272. The molecule has 0 radical (unpaired) electrons. The van der Waals surface area contributed by atoms with Gasteiger partial charge in [-0.1, -0.05) is 60.7 Å². The van der Waals surface area contributed by atoms with Crippen molar-refractivity contribution in [1.82, 2.24) is 9.55 Å². The highest BCUT2D eigenvalue weighted by atomic mass is 32.1. The molecule has 0 bridgehead atoms. The van der Waals surface area contributed by atoms with Crippen LogP contribution in [0.5, 0.6) is 0 Å². The predicted octanol–water partition coefficient (Wildman–Crippen LogP) is 8.21. The average Bonchev–Trinajstić information content (AvgIpc) is 3.38. The van der Waals surface area contributed by atoms with Gasteiger partial charge in [0.25, 0.3) is 0 Å². The Bertz CT molecular complexity index is 1760. The number of aromatic nitrogens is 2. The highest BCUT2D eigenvalue weighted by molar-refractivity contribution is 7.25. The second-order valence-corrected chi connectivity index (χ2v) is 9.12. The van der Waals surface area contributed by atoms with Crippen LogP contribution in [0.15, 0.2) is 109 Å². The molecule has 7 rings (SSSR count).